The molecule has 0 saturated carbocycles. The van der Waals surface area contributed by atoms with Gasteiger partial charge in [-0.05, 0) is 43.3 Å². The summed E-state index contributed by atoms with van der Waals surface area (Å²) in [5.74, 6) is 0.674. The molecule has 0 aliphatic rings. The van der Waals surface area contributed by atoms with Crippen molar-refractivity contribution in [3.8, 4) is 17.2 Å². The normalized spacial score (nSPS) is 11.8. The molecular weight excluding hydrogens is 388 g/mol. The van der Waals surface area contributed by atoms with Gasteiger partial charge < -0.3 is 13.9 Å². The van der Waals surface area contributed by atoms with Crippen molar-refractivity contribution < 1.29 is 18.7 Å². The Hall–Kier alpha value is -2.67. The van der Waals surface area contributed by atoms with E-state index in [1.165, 1.54) is 0 Å². The topological polar surface area (TPSA) is 74.5 Å². The molecule has 0 N–H and O–H groups in total. The van der Waals surface area contributed by atoms with Crippen molar-refractivity contribution in [1.82, 2.24) is 10.2 Å². The molecule has 7 heteroatoms. The summed E-state index contributed by atoms with van der Waals surface area (Å²) >= 11 is 3.34. The van der Waals surface area contributed by atoms with Crippen molar-refractivity contribution in [2.24, 2.45) is 0 Å². The molecular formula is C18H15BrN2O4. The molecule has 0 saturated heterocycles. The van der Waals surface area contributed by atoms with E-state index in [4.69, 9.17) is 13.9 Å². The van der Waals surface area contributed by atoms with Gasteiger partial charge in [0.1, 0.15) is 5.75 Å². The second-order valence-electron chi connectivity index (χ2n) is 5.19. The van der Waals surface area contributed by atoms with E-state index in [0.717, 1.165) is 10.0 Å². The number of halogens is 1. The van der Waals surface area contributed by atoms with Crippen molar-refractivity contribution in [3.63, 3.8) is 0 Å². The molecule has 25 heavy (non-hydrogen) atoms. The molecule has 0 unspecified atom stereocenters. The number of aromatic nitrogens is 2. The van der Waals surface area contributed by atoms with E-state index >= 15 is 0 Å². The third kappa shape index (κ3) is 4.67. The Morgan fingerprint density at radius 1 is 1.12 bits per heavy atom. The molecule has 6 nitrogen and oxygen atoms in total. The maximum Gasteiger partial charge on any atom is 0.347 e. The van der Waals surface area contributed by atoms with Gasteiger partial charge in [-0.2, -0.15) is 0 Å². The lowest BCUT2D eigenvalue weighted by molar-refractivity contribution is -0.153. The first-order valence-electron chi connectivity index (χ1n) is 7.58. The summed E-state index contributed by atoms with van der Waals surface area (Å²) in [5.41, 5.74) is 0.805. The number of hydrogen-bond donors (Lipinski definition) is 0. The van der Waals surface area contributed by atoms with Crippen LogP contribution in [0, 0.1) is 0 Å². The van der Waals surface area contributed by atoms with E-state index in [2.05, 4.69) is 26.1 Å². The van der Waals surface area contributed by atoms with E-state index in [1.807, 2.05) is 42.5 Å². The number of benzene rings is 2. The molecule has 3 aromatic rings. The van der Waals surface area contributed by atoms with Crippen LogP contribution in [0.2, 0.25) is 0 Å². The first-order valence-corrected chi connectivity index (χ1v) is 8.38. The average Bonchev–Trinajstić information content (AvgIpc) is 3.11. The second kappa shape index (κ2) is 7.94. The number of carbonyl (C=O) groups excluding carboxylic acids is 1. The van der Waals surface area contributed by atoms with Gasteiger partial charge in [0.15, 0.2) is 12.7 Å². The van der Waals surface area contributed by atoms with Crippen LogP contribution in [0.3, 0.4) is 0 Å². The Kier molecular flexibility index (Phi) is 5.45. The number of carbonyl (C=O) groups is 1. The highest BCUT2D eigenvalue weighted by atomic mass is 79.9. The van der Waals surface area contributed by atoms with Crippen LogP contribution in [0.15, 0.2) is 63.5 Å². The Morgan fingerprint density at radius 3 is 2.56 bits per heavy atom. The maximum atomic E-state index is 12.0. The third-order valence-corrected chi connectivity index (χ3v) is 3.81. The predicted octanol–water partition coefficient (Wildman–Crippen LogP) is 4.01. The van der Waals surface area contributed by atoms with Crippen LogP contribution >= 0.6 is 15.9 Å². The summed E-state index contributed by atoms with van der Waals surface area (Å²) in [6, 6.07) is 16.6. The van der Waals surface area contributed by atoms with E-state index in [0.29, 0.717) is 11.6 Å². The van der Waals surface area contributed by atoms with Crippen LogP contribution in [0.1, 0.15) is 12.8 Å². The lowest BCUT2D eigenvalue weighted by Gasteiger charge is -2.13. The fourth-order valence-corrected chi connectivity index (χ4v) is 2.29. The lowest BCUT2D eigenvalue weighted by Crippen LogP contribution is -2.26. The SMILES string of the molecule is C[C@H](Oc1ccc(Br)cc1)C(=O)OCc1nnc(-c2ccccc2)o1. The molecule has 0 bridgehead atoms. The first-order chi connectivity index (χ1) is 12.1. The summed E-state index contributed by atoms with van der Waals surface area (Å²) in [4.78, 5) is 12.0. The van der Waals surface area contributed by atoms with Crippen LogP contribution in [-0.4, -0.2) is 22.3 Å². The van der Waals surface area contributed by atoms with Gasteiger partial charge in [0.05, 0.1) is 0 Å². The van der Waals surface area contributed by atoms with Crippen molar-refractivity contribution >= 4 is 21.9 Å². The molecule has 0 radical (unpaired) electrons. The van der Waals surface area contributed by atoms with Crippen molar-refractivity contribution in [3.05, 3.63) is 65.0 Å². The molecule has 1 aromatic heterocycles. The standard InChI is InChI=1S/C18H15BrN2O4/c1-12(24-15-9-7-14(19)8-10-15)18(22)23-11-16-20-21-17(25-16)13-5-3-2-4-6-13/h2-10,12H,11H2,1H3/t12-/m0/s1. The van der Waals surface area contributed by atoms with Crippen LogP contribution in [0.4, 0.5) is 0 Å². The maximum absolute atomic E-state index is 12.0. The Morgan fingerprint density at radius 2 is 1.84 bits per heavy atom. The van der Waals surface area contributed by atoms with Gasteiger partial charge in [-0.15, -0.1) is 10.2 Å². The quantitative estimate of drug-likeness (QED) is 0.579. The molecule has 3 rings (SSSR count). The van der Waals surface area contributed by atoms with Crippen LogP contribution in [-0.2, 0) is 16.1 Å². The molecule has 2 aromatic carbocycles. The molecule has 0 aliphatic carbocycles. The van der Waals surface area contributed by atoms with Gasteiger partial charge in [-0.1, -0.05) is 34.1 Å². The predicted molar refractivity (Wildman–Crippen MR) is 93.8 cm³/mol. The zero-order valence-corrected chi connectivity index (χ0v) is 15.0. The summed E-state index contributed by atoms with van der Waals surface area (Å²) in [6.07, 6.45) is -0.752. The minimum absolute atomic E-state index is 0.104. The summed E-state index contributed by atoms with van der Waals surface area (Å²) in [6.45, 7) is 1.51. The molecule has 0 spiro atoms. The fourth-order valence-electron chi connectivity index (χ4n) is 2.02. The number of hydrogen-bond acceptors (Lipinski definition) is 6. The highest BCUT2D eigenvalue weighted by molar-refractivity contribution is 9.10. The largest absolute Gasteiger partial charge is 0.479 e. The second-order valence-corrected chi connectivity index (χ2v) is 6.10. The van der Waals surface area contributed by atoms with Crippen molar-refractivity contribution in [2.75, 3.05) is 0 Å². The molecule has 0 aliphatic heterocycles. The highest BCUT2D eigenvalue weighted by Crippen LogP contribution is 2.19. The van der Waals surface area contributed by atoms with Gasteiger partial charge in [0.2, 0.25) is 5.89 Å². The van der Waals surface area contributed by atoms with Gasteiger partial charge in [-0.3, -0.25) is 0 Å². The van der Waals surface area contributed by atoms with Gasteiger partial charge in [-0.25, -0.2) is 4.79 Å². The van der Waals surface area contributed by atoms with Crippen molar-refractivity contribution in [1.29, 1.82) is 0 Å². The van der Waals surface area contributed by atoms with E-state index < -0.39 is 12.1 Å². The van der Waals surface area contributed by atoms with Crippen LogP contribution < -0.4 is 4.74 Å². The van der Waals surface area contributed by atoms with Gasteiger partial charge in [0, 0.05) is 10.0 Å². The molecule has 1 heterocycles. The molecule has 128 valence electrons. The summed E-state index contributed by atoms with van der Waals surface area (Å²) in [7, 11) is 0. The molecule has 0 amide bonds. The lowest BCUT2D eigenvalue weighted by atomic mass is 10.2. The smallest absolute Gasteiger partial charge is 0.347 e. The third-order valence-electron chi connectivity index (χ3n) is 3.28. The zero-order valence-electron chi connectivity index (χ0n) is 13.4. The first kappa shape index (κ1) is 17.2. The van der Waals surface area contributed by atoms with Gasteiger partial charge >= 0.3 is 5.97 Å². The van der Waals surface area contributed by atoms with E-state index in [1.54, 1.807) is 19.1 Å². The van der Waals surface area contributed by atoms with Gasteiger partial charge in [0.25, 0.3) is 5.89 Å². The number of nitrogens with zero attached hydrogens (tertiary/aromatic N) is 2. The minimum atomic E-state index is -0.752. The van der Waals surface area contributed by atoms with E-state index in [9.17, 15) is 4.79 Å². The van der Waals surface area contributed by atoms with E-state index in [-0.39, 0.29) is 12.5 Å². The monoisotopic (exact) mass is 402 g/mol. The average molecular weight is 403 g/mol. The minimum Gasteiger partial charge on any atom is -0.479 e. The van der Waals surface area contributed by atoms with Crippen LogP contribution in [0.5, 0.6) is 5.75 Å². The van der Waals surface area contributed by atoms with Crippen molar-refractivity contribution in [2.45, 2.75) is 19.6 Å². The summed E-state index contributed by atoms with van der Waals surface area (Å²) in [5, 5.41) is 7.82. The van der Waals surface area contributed by atoms with Crippen LogP contribution in [0.25, 0.3) is 11.5 Å². The molecule has 0 fully saturated rings. The fraction of sp³-hybridized carbons (Fsp3) is 0.167. The molecule has 1 atom stereocenters. The summed E-state index contributed by atoms with van der Waals surface area (Å²) < 4.78 is 17.1. The Balaban J connectivity index is 1.53. The number of esters is 1. The number of rotatable bonds is 6. The highest BCUT2D eigenvalue weighted by Gasteiger charge is 2.18. The zero-order chi connectivity index (χ0) is 17.6. The Labute approximate surface area is 152 Å². The Bertz CT molecular complexity index is 834. The number of ether oxygens (including phenoxy) is 2.